The average molecular weight is 578 g/mol. The maximum Gasteiger partial charge on any atom is 0.255 e. The van der Waals surface area contributed by atoms with Gasteiger partial charge in [-0.15, -0.1) is 0 Å². The first kappa shape index (κ1) is 28.8. The summed E-state index contributed by atoms with van der Waals surface area (Å²) in [6, 6.07) is 7.18. The zero-order valence-electron chi connectivity index (χ0n) is 23.4. The smallest absolute Gasteiger partial charge is 0.255 e. The first-order valence-corrected chi connectivity index (χ1v) is 13.1. The van der Waals surface area contributed by atoms with E-state index in [1.54, 1.807) is 38.4 Å². The number of carbonyl (C=O) groups excluding carboxylic acids is 3. The van der Waals surface area contributed by atoms with Crippen LogP contribution in [-0.4, -0.2) is 89.0 Å². The van der Waals surface area contributed by atoms with E-state index in [1.807, 2.05) is 0 Å². The lowest BCUT2D eigenvalue weighted by molar-refractivity contribution is -0.153. The highest BCUT2D eigenvalue weighted by Crippen LogP contribution is 2.54. The minimum absolute atomic E-state index is 0.0122. The van der Waals surface area contributed by atoms with Crippen molar-refractivity contribution in [2.75, 3.05) is 28.3 Å². The Labute approximate surface area is 240 Å². The lowest BCUT2D eigenvalue weighted by atomic mass is 9.57. The summed E-state index contributed by atoms with van der Waals surface area (Å²) in [7, 11) is 6.03. The molecule has 5 rings (SSSR count). The van der Waals surface area contributed by atoms with E-state index >= 15 is 0 Å². The number of aromatic hydroxyl groups is 1. The van der Waals surface area contributed by atoms with Crippen molar-refractivity contribution in [2.24, 2.45) is 22.7 Å². The molecule has 0 saturated heterocycles. The van der Waals surface area contributed by atoms with Crippen LogP contribution >= 0.6 is 0 Å². The number of carbonyl (C=O) groups is 3. The number of Topliss-reactive ketones (excluding diaryl/α,β-unsaturated/α-hetero) is 2. The summed E-state index contributed by atoms with van der Waals surface area (Å²) in [6.07, 6.45) is 1.63. The second-order valence-electron chi connectivity index (χ2n) is 10.8. The molecule has 4 atom stereocenters. The molecule has 1 amide bonds. The third kappa shape index (κ3) is 4.05. The Kier molecular flexibility index (Phi) is 7.07. The van der Waals surface area contributed by atoms with Crippen LogP contribution in [0, 0.1) is 11.8 Å². The summed E-state index contributed by atoms with van der Waals surface area (Å²) in [5.74, 6) is -6.54. The molecule has 2 aromatic carbocycles. The number of nitrogens with two attached hydrogens (primary N) is 1. The second kappa shape index (κ2) is 10.3. The topological polar surface area (TPSA) is 192 Å². The maximum atomic E-state index is 14.0. The molecule has 0 radical (unpaired) electrons. The largest absolute Gasteiger partial charge is 0.508 e. The van der Waals surface area contributed by atoms with Crippen LogP contribution in [0.3, 0.4) is 0 Å². The van der Waals surface area contributed by atoms with Crippen molar-refractivity contribution in [1.82, 2.24) is 4.90 Å². The molecule has 0 bridgehead atoms. The van der Waals surface area contributed by atoms with Gasteiger partial charge in [-0.2, -0.15) is 0 Å². The average Bonchev–Trinajstić information content (AvgIpc) is 2.93. The number of phenolic OH excluding ortho intramolecular Hbond substituents is 1. The minimum atomic E-state index is -2.70. The molecule has 0 aromatic heterocycles. The summed E-state index contributed by atoms with van der Waals surface area (Å²) >= 11 is 0. The number of primary amides is 1. The van der Waals surface area contributed by atoms with E-state index in [0.717, 1.165) is 0 Å². The van der Waals surface area contributed by atoms with Gasteiger partial charge in [-0.3, -0.25) is 19.3 Å². The number of methoxy groups -OCH3 is 1. The van der Waals surface area contributed by atoms with Gasteiger partial charge in [0.25, 0.3) is 5.91 Å². The van der Waals surface area contributed by atoms with Crippen molar-refractivity contribution in [3.63, 3.8) is 0 Å². The van der Waals surface area contributed by atoms with E-state index < -0.39 is 58.0 Å². The number of benzene rings is 2. The Morgan fingerprint density at radius 1 is 1.12 bits per heavy atom. The summed E-state index contributed by atoms with van der Waals surface area (Å²) in [4.78, 5) is 45.7. The van der Waals surface area contributed by atoms with Crippen LogP contribution in [0.15, 0.2) is 52.4 Å². The predicted octanol–water partition coefficient (Wildman–Crippen LogP) is 1.62. The molecule has 3 aliphatic carbocycles. The van der Waals surface area contributed by atoms with Crippen molar-refractivity contribution in [3.05, 3.63) is 63.9 Å². The van der Waals surface area contributed by atoms with Crippen molar-refractivity contribution >= 4 is 29.4 Å². The van der Waals surface area contributed by atoms with Gasteiger partial charge in [0.1, 0.15) is 35.7 Å². The first-order valence-electron chi connectivity index (χ1n) is 13.1. The van der Waals surface area contributed by atoms with Crippen LogP contribution < -0.4 is 10.5 Å². The number of nitrogens with zero attached hydrogens (tertiary/aromatic N) is 2. The van der Waals surface area contributed by atoms with Gasteiger partial charge in [0, 0.05) is 17.1 Å². The molecule has 0 spiro atoms. The van der Waals surface area contributed by atoms with E-state index in [0.29, 0.717) is 28.0 Å². The number of oxime groups is 1. The molecule has 0 heterocycles. The van der Waals surface area contributed by atoms with E-state index in [-0.39, 0.29) is 29.7 Å². The number of likely N-dealkylation sites (N-methyl/N-ethyl adjacent to an activating group) is 1. The molecule has 4 unspecified atom stereocenters. The van der Waals surface area contributed by atoms with E-state index in [2.05, 4.69) is 5.16 Å². The van der Waals surface area contributed by atoms with Gasteiger partial charge in [0.15, 0.2) is 11.4 Å². The monoisotopic (exact) mass is 577 g/mol. The normalized spacial score (nSPS) is 25.4. The quantitative estimate of drug-likeness (QED) is 0.191. The molecule has 0 aliphatic heterocycles. The molecule has 3 aliphatic rings. The van der Waals surface area contributed by atoms with Crippen molar-refractivity contribution in [3.8, 4) is 22.6 Å². The molecule has 6 N–H and O–H groups in total. The van der Waals surface area contributed by atoms with Crippen LogP contribution in [0.1, 0.15) is 23.1 Å². The van der Waals surface area contributed by atoms with E-state index in [4.69, 9.17) is 15.3 Å². The lowest BCUT2D eigenvalue weighted by Gasteiger charge is -2.50. The third-order valence-electron chi connectivity index (χ3n) is 8.43. The predicted molar refractivity (Wildman–Crippen MR) is 151 cm³/mol. The molecule has 1 saturated carbocycles. The van der Waals surface area contributed by atoms with Crippen LogP contribution in [0.25, 0.3) is 16.9 Å². The molecule has 1 fully saturated rings. The highest BCUT2D eigenvalue weighted by Gasteiger charge is 2.64. The molecule has 220 valence electrons. The van der Waals surface area contributed by atoms with E-state index in [9.17, 15) is 34.8 Å². The minimum Gasteiger partial charge on any atom is -0.508 e. The van der Waals surface area contributed by atoms with Crippen molar-refractivity contribution in [2.45, 2.75) is 24.5 Å². The summed E-state index contributed by atoms with van der Waals surface area (Å²) in [6.45, 7) is 0. The number of phenols is 1. The number of fused-ring (bicyclic) bond motifs is 3. The van der Waals surface area contributed by atoms with E-state index in [1.165, 1.54) is 31.4 Å². The zero-order valence-corrected chi connectivity index (χ0v) is 23.4. The van der Waals surface area contributed by atoms with Gasteiger partial charge in [-0.25, -0.2) is 0 Å². The van der Waals surface area contributed by atoms with Gasteiger partial charge in [-0.1, -0.05) is 11.2 Å². The number of aliphatic hydroxyl groups excluding tert-OH is 2. The molecule has 12 nitrogen and oxygen atoms in total. The molecule has 42 heavy (non-hydrogen) atoms. The van der Waals surface area contributed by atoms with Gasteiger partial charge >= 0.3 is 0 Å². The van der Waals surface area contributed by atoms with Gasteiger partial charge in [0.05, 0.1) is 24.9 Å². The van der Waals surface area contributed by atoms with Crippen LogP contribution in [-0.2, 0) is 25.6 Å². The fourth-order valence-corrected chi connectivity index (χ4v) is 6.63. The van der Waals surface area contributed by atoms with Gasteiger partial charge < -0.3 is 35.7 Å². The number of rotatable bonds is 6. The Hall–Kier alpha value is -4.68. The fraction of sp³-hybridized carbons (Fsp3) is 0.333. The zero-order chi connectivity index (χ0) is 30.7. The Balaban J connectivity index is 1.74. The maximum absolute atomic E-state index is 14.0. The number of ether oxygens (including phenoxy) is 1. The van der Waals surface area contributed by atoms with Crippen LogP contribution in [0.5, 0.6) is 11.5 Å². The van der Waals surface area contributed by atoms with Crippen molar-refractivity contribution < 1.29 is 44.4 Å². The third-order valence-corrected chi connectivity index (χ3v) is 8.43. The summed E-state index contributed by atoms with van der Waals surface area (Å²) in [5.41, 5.74) is 4.01. The van der Waals surface area contributed by atoms with Crippen molar-refractivity contribution in [1.29, 1.82) is 0 Å². The Morgan fingerprint density at radius 3 is 2.45 bits per heavy atom. The number of ketones is 2. The van der Waals surface area contributed by atoms with Gasteiger partial charge in [0.2, 0.25) is 5.78 Å². The van der Waals surface area contributed by atoms with Crippen LogP contribution in [0.2, 0.25) is 0 Å². The van der Waals surface area contributed by atoms with Gasteiger partial charge in [-0.05, 0) is 73.8 Å². The second-order valence-corrected chi connectivity index (χ2v) is 10.8. The number of hydrogen-bond donors (Lipinski definition) is 5. The first-order chi connectivity index (χ1) is 19.9. The Bertz CT molecular complexity index is 1620. The molecular weight excluding hydrogens is 546 g/mol. The molecule has 12 heteroatoms. The number of aliphatic hydroxyl groups is 3. The van der Waals surface area contributed by atoms with Crippen LogP contribution in [0.4, 0.5) is 0 Å². The molecule has 2 aromatic rings. The highest BCUT2D eigenvalue weighted by molar-refractivity contribution is 6.24. The summed E-state index contributed by atoms with van der Waals surface area (Å²) in [5, 5.41) is 49.0. The highest BCUT2D eigenvalue weighted by atomic mass is 16.6. The number of amides is 1. The Morgan fingerprint density at radius 2 is 1.83 bits per heavy atom. The standard InChI is InChI=1S/C30H31N3O9/c1-33(2)24-18-11-14-10-17-15(16-9-13(12-32-42-4)5-8-20(16)41-3)6-7-19(34)22(17)25(35)21(14)27(37)30(18,40)28(38)23(26(24)36)29(31)39/h5-9,12,14,18,24,34-35,38,40H,10-11H2,1-4H3,(H2,31,39)/b32-12+. The number of hydrogen-bond acceptors (Lipinski definition) is 11. The SMILES string of the molecule is CO/N=C/c1ccc(OC)c(-c2ccc(O)c3c2CC2CC4C(N(C)C)C(=O)C(C(N)=O)=C(O)C4(O)C(=O)C2=C3O)c1. The fourth-order valence-electron chi connectivity index (χ4n) is 6.63. The summed E-state index contributed by atoms with van der Waals surface area (Å²) < 4.78 is 5.59. The lowest BCUT2D eigenvalue weighted by Crippen LogP contribution is -2.65. The molecular formula is C30H31N3O9.